The van der Waals surface area contributed by atoms with Crippen LogP contribution in [-0.4, -0.2) is 52.2 Å². The Morgan fingerprint density at radius 3 is 1.89 bits per heavy atom. The summed E-state index contributed by atoms with van der Waals surface area (Å²) in [6, 6.07) is 3.68. The summed E-state index contributed by atoms with van der Waals surface area (Å²) in [6.07, 6.45) is 2.46. The van der Waals surface area contributed by atoms with Crippen molar-refractivity contribution >= 4 is 5.97 Å². The molecular weight excluding hydrogens is 464 g/mol. The van der Waals surface area contributed by atoms with Crippen LogP contribution < -0.4 is 28.4 Å². The maximum Gasteiger partial charge on any atom is 0.338 e. The fourth-order valence-electron chi connectivity index (χ4n) is 4.57. The maximum absolute atomic E-state index is 13.0. The number of methoxy groups -OCH3 is 5. The highest BCUT2D eigenvalue weighted by Gasteiger charge is 2.38. The lowest BCUT2D eigenvalue weighted by Gasteiger charge is -2.36. The fourth-order valence-corrected chi connectivity index (χ4v) is 4.57. The molecule has 3 rings (SSSR count). The molecule has 0 saturated heterocycles. The second-order valence-corrected chi connectivity index (χ2v) is 9.16. The minimum Gasteiger partial charge on any atom is -0.493 e. The molecule has 0 heterocycles. The van der Waals surface area contributed by atoms with Crippen LogP contribution in [0.5, 0.6) is 34.5 Å². The Bertz CT molecular complexity index is 1180. The van der Waals surface area contributed by atoms with Crippen LogP contribution >= 0.6 is 0 Å². The minimum atomic E-state index is -1.05. The number of hydrogen-bond acceptors (Lipinski definition) is 8. The number of ether oxygens (including phenoxy) is 6. The van der Waals surface area contributed by atoms with Gasteiger partial charge in [0, 0.05) is 23.1 Å². The van der Waals surface area contributed by atoms with Crippen LogP contribution in [-0.2, 0) is 17.6 Å². The van der Waals surface area contributed by atoms with E-state index in [9.17, 15) is 9.90 Å². The molecular formula is C28H36O8. The predicted molar refractivity (Wildman–Crippen MR) is 137 cm³/mol. The zero-order chi connectivity index (χ0) is 26.8. The van der Waals surface area contributed by atoms with E-state index in [2.05, 4.69) is 0 Å². The van der Waals surface area contributed by atoms with Gasteiger partial charge in [0.15, 0.2) is 23.0 Å². The maximum atomic E-state index is 13.0. The molecule has 1 aliphatic carbocycles. The summed E-state index contributed by atoms with van der Waals surface area (Å²) in [6.45, 7) is 7.25. The minimum absolute atomic E-state index is 0.151. The highest BCUT2D eigenvalue weighted by molar-refractivity contribution is 5.94. The van der Waals surface area contributed by atoms with Gasteiger partial charge in [-0.25, -0.2) is 4.79 Å². The Morgan fingerprint density at radius 2 is 1.39 bits per heavy atom. The lowest BCUT2D eigenvalue weighted by atomic mass is 9.75. The molecule has 0 unspecified atom stereocenters. The SMILES string of the molecule is C/C=C(\C)C(=O)Oc1c(OC)c(OC)cc2c1-c1c(cc(OC)c(OC)c1OC)C[C@](C)(O)[C@@H](C)C2. The molecule has 0 saturated carbocycles. The van der Waals surface area contributed by atoms with Crippen LogP contribution in [0.25, 0.3) is 11.1 Å². The molecule has 0 radical (unpaired) electrons. The summed E-state index contributed by atoms with van der Waals surface area (Å²) in [5.74, 6) is 1.46. The number of hydrogen-bond donors (Lipinski definition) is 1. The molecule has 0 bridgehead atoms. The molecule has 2 aromatic rings. The number of carbonyl (C=O) groups is 1. The normalized spacial score (nSPS) is 19.3. The molecule has 0 amide bonds. The topological polar surface area (TPSA) is 92.7 Å². The van der Waals surface area contributed by atoms with E-state index >= 15 is 0 Å². The van der Waals surface area contributed by atoms with Gasteiger partial charge in [0.05, 0.1) is 41.2 Å². The average molecular weight is 501 g/mol. The van der Waals surface area contributed by atoms with Crippen LogP contribution in [0.3, 0.4) is 0 Å². The molecule has 2 atom stereocenters. The Hall–Kier alpha value is -3.39. The molecule has 0 fully saturated rings. The molecule has 8 heteroatoms. The summed E-state index contributed by atoms with van der Waals surface area (Å²) >= 11 is 0. The first-order chi connectivity index (χ1) is 17.1. The second-order valence-electron chi connectivity index (χ2n) is 9.16. The average Bonchev–Trinajstić information content (AvgIpc) is 2.86. The molecule has 8 nitrogen and oxygen atoms in total. The van der Waals surface area contributed by atoms with Crippen LogP contribution in [0, 0.1) is 5.92 Å². The third-order valence-corrected chi connectivity index (χ3v) is 6.96. The van der Waals surface area contributed by atoms with Gasteiger partial charge in [0.2, 0.25) is 11.5 Å². The first kappa shape index (κ1) is 27.2. The van der Waals surface area contributed by atoms with E-state index in [1.54, 1.807) is 27.0 Å². The van der Waals surface area contributed by atoms with E-state index in [0.717, 1.165) is 11.1 Å². The van der Waals surface area contributed by atoms with Gasteiger partial charge >= 0.3 is 5.97 Å². The molecule has 196 valence electrons. The Kier molecular flexibility index (Phi) is 8.09. The smallest absolute Gasteiger partial charge is 0.338 e. The first-order valence-electron chi connectivity index (χ1n) is 11.8. The van der Waals surface area contributed by atoms with Crippen molar-refractivity contribution in [1.82, 2.24) is 0 Å². The molecule has 1 aliphatic rings. The van der Waals surface area contributed by atoms with E-state index < -0.39 is 11.6 Å². The van der Waals surface area contributed by atoms with Gasteiger partial charge in [-0.05, 0) is 56.4 Å². The van der Waals surface area contributed by atoms with Crippen molar-refractivity contribution in [3.8, 4) is 45.6 Å². The summed E-state index contributed by atoms with van der Waals surface area (Å²) in [5, 5.41) is 11.5. The van der Waals surface area contributed by atoms with Crippen molar-refractivity contribution in [3.05, 3.63) is 34.9 Å². The van der Waals surface area contributed by atoms with Gasteiger partial charge in [-0.1, -0.05) is 13.0 Å². The third kappa shape index (κ3) is 4.69. The summed E-state index contributed by atoms with van der Waals surface area (Å²) in [7, 11) is 7.63. The Balaban J connectivity index is 2.56. The molecule has 0 aliphatic heterocycles. The largest absolute Gasteiger partial charge is 0.493 e. The van der Waals surface area contributed by atoms with Gasteiger partial charge in [-0.15, -0.1) is 0 Å². The molecule has 0 spiro atoms. The van der Waals surface area contributed by atoms with Gasteiger partial charge in [0.25, 0.3) is 0 Å². The van der Waals surface area contributed by atoms with Gasteiger partial charge in [0.1, 0.15) is 0 Å². The van der Waals surface area contributed by atoms with Crippen LogP contribution in [0.2, 0.25) is 0 Å². The zero-order valence-corrected chi connectivity index (χ0v) is 22.5. The Labute approximate surface area is 212 Å². The number of esters is 1. The predicted octanol–water partition coefficient (Wildman–Crippen LogP) is 4.75. The van der Waals surface area contributed by atoms with Crippen molar-refractivity contribution in [1.29, 1.82) is 0 Å². The van der Waals surface area contributed by atoms with E-state index in [0.29, 0.717) is 52.5 Å². The van der Waals surface area contributed by atoms with Crippen LogP contribution in [0.4, 0.5) is 0 Å². The van der Waals surface area contributed by atoms with Crippen molar-refractivity contribution in [2.24, 2.45) is 5.92 Å². The van der Waals surface area contributed by atoms with Crippen molar-refractivity contribution < 1.29 is 38.3 Å². The summed E-state index contributed by atoms with van der Waals surface area (Å²) in [4.78, 5) is 13.0. The summed E-state index contributed by atoms with van der Waals surface area (Å²) < 4.78 is 34.5. The van der Waals surface area contributed by atoms with Crippen molar-refractivity contribution in [2.75, 3.05) is 35.5 Å². The first-order valence-corrected chi connectivity index (χ1v) is 11.8. The van der Waals surface area contributed by atoms with Gasteiger partial charge in [-0.3, -0.25) is 0 Å². The van der Waals surface area contributed by atoms with E-state index in [4.69, 9.17) is 28.4 Å². The van der Waals surface area contributed by atoms with Crippen LogP contribution in [0.1, 0.15) is 38.8 Å². The lowest BCUT2D eigenvalue weighted by molar-refractivity contribution is -0.130. The molecule has 2 aromatic carbocycles. The standard InChI is InChI=1S/C28H36O8/c1-10-15(2)27(29)36-26-21-17(12-19(31-5)24(26)34-8)11-16(3)28(4,30)14-18-13-20(32-6)23(33-7)25(35-9)22(18)21/h10,12-13,16,30H,11,14H2,1-9H3/b15-10+/t16-,28-/m0/s1. The Morgan fingerprint density at radius 1 is 0.889 bits per heavy atom. The monoisotopic (exact) mass is 500 g/mol. The molecule has 1 N–H and O–H groups in total. The van der Waals surface area contributed by atoms with Crippen LogP contribution in [0.15, 0.2) is 23.8 Å². The molecule has 0 aromatic heterocycles. The quantitative estimate of drug-likeness (QED) is 0.331. The highest BCUT2D eigenvalue weighted by Crippen LogP contribution is 2.56. The second kappa shape index (κ2) is 10.7. The van der Waals surface area contributed by atoms with E-state index in [1.807, 2.05) is 26.0 Å². The molecule has 36 heavy (non-hydrogen) atoms. The van der Waals surface area contributed by atoms with Gasteiger partial charge in [-0.2, -0.15) is 0 Å². The number of allylic oxidation sites excluding steroid dienone is 1. The third-order valence-electron chi connectivity index (χ3n) is 6.96. The number of rotatable bonds is 7. The highest BCUT2D eigenvalue weighted by atomic mass is 16.6. The van der Waals surface area contributed by atoms with Crippen molar-refractivity contribution in [2.45, 2.75) is 46.1 Å². The number of aliphatic hydroxyl groups is 1. The lowest BCUT2D eigenvalue weighted by Crippen LogP contribution is -2.37. The van der Waals surface area contributed by atoms with Gasteiger partial charge < -0.3 is 33.5 Å². The number of benzene rings is 2. The number of fused-ring (bicyclic) bond motifs is 3. The zero-order valence-electron chi connectivity index (χ0n) is 22.5. The van der Waals surface area contributed by atoms with E-state index in [1.165, 1.54) is 28.4 Å². The fraction of sp³-hybridized carbons (Fsp3) is 0.464. The number of carbonyl (C=O) groups excluding carboxylic acids is 1. The summed E-state index contributed by atoms with van der Waals surface area (Å²) in [5.41, 5.74) is 2.17. The van der Waals surface area contributed by atoms with E-state index in [-0.39, 0.29) is 17.4 Å². The van der Waals surface area contributed by atoms with Crippen molar-refractivity contribution in [3.63, 3.8) is 0 Å².